The normalized spacial score (nSPS) is 17.6. The summed E-state index contributed by atoms with van der Waals surface area (Å²) in [6.07, 6.45) is 0.882. The molecule has 0 aromatic heterocycles. The minimum absolute atomic E-state index is 0.0435. The lowest BCUT2D eigenvalue weighted by Crippen LogP contribution is -2.32. The summed E-state index contributed by atoms with van der Waals surface area (Å²) in [5.41, 5.74) is 1.15. The number of aliphatic hydroxyl groups is 1. The van der Waals surface area contributed by atoms with E-state index in [1.165, 1.54) is 12.0 Å². The molecule has 1 fully saturated rings. The number of ether oxygens (including phenoxy) is 3. The Balaban J connectivity index is 2.06. The molecule has 7 nitrogen and oxygen atoms in total. The molecule has 2 aromatic rings. The largest absolute Gasteiger partial charge is 0.507 e. The van der Waals surface area contributed by atoms with Crippen LogP contribution >= 0.6 is 0 Å². The van der Waals surface area contributed by atoms with Crippen LogP contribution in [0.4, 0.5) is 0 Å². The maximum atomic E-state index is 13.0. The number of ketones is 1. The molecular formula is C25H29NO6. The predicted octanol–water partition coefficient (Wildman–Crippen LogP) is 3.94. The van der Waals surface area contributed by atoms with E-state index in [0.29, 0.717) is 35.8 Å². The van der Waals surface area contributed by atoms with Gasteiger partial charge in [-0.1, -0.05) is 19.1 Å². The zero-order valence-electron chi connectivity index (χ0n) is 18.7. The Hall–Kier alpha value is -3.32. The van der Waals surface area contributed by atoms with Gasteiger partial charge < -0.3 is 24.2 Å². The van der Waals surface area contributed by atoms with Crippen molar-refractivity contribution in [3.8, 4) is 11.5 Å². The molecule has 170 valence electrons. The lowest BCUT2D eigenvalue weighted by molar-refractivity contribution is -0.140. The molecule has 0 bridgehead atoms. The maximum Gasteiger partial charge on any atom is 0.295 e. The number of aliphatic hydroxyl groups excluding tert-OH is 1. The third kappa shape index (κ3) is 4.94. The number of methoxy groups -OCH3 is 1. The van der Waals surface area contributed by atoms with Gasteiger partial charge >= 0.3 is 0 Å². The topological polar surface area (TPSA) is 85.3 Å². The van der Waals surface area contributed by atoms with Crippen molar-refractivity contribution in [3.05, 3.63) is 65.2 Å². The molecule has 1 amide bonds. The zero-order valence-corrected chi connectivity index (χ0v) is 18.7. The van der Waals surface area contributed by atoms with Gasteiger partial charge in [0.1, 0.15) is 17.3 Å². The Morgan fingerprint density at radius 3 is 2.41 bits per heavy atom. The Labute approximate surface area is 188 Å². The Morgan fingerprint density at radius 1 is 1.00 bits per heavy atom. The van der Waals surface area contributed by atoms with Crippen LogP contribution in [0.25, 0.3) is 5.76 Å². The minimum Gasteiger partial charge on any atom is -0.507 e. The van der Waals surface area contributed by atoms with Gasteiger partial charge in [-0.2, -0.15) is 0 Å². The molecule has 7 heteroatoms. The molecule has 1 N–H and O–H groups in total. The second kappa shape index (κ2) is 10.8. The fraction of sp³-hybridized carbons (Fsp3) is 0.360. The first-order valence-electron chi connectivity index (χ1n) is 10.7. The van der Waals surface area contributed by atoms with Gasteiger partial charge in [0.05, 0.1) is 31.4 Å². The van der Waals surface area contributed by atoms with E-state index in [9.17, 15) is 14.7 Å². The number of rotatable bonds is 10. The van der Waals surface area contributed by atoms with Crippen LogP contribution < -0.4 is 9.47 Å². The van der Waals surface area contributed by atoms with Crippen LogP contribution in [-0.2, 0) is 14.3 Å². The lowest BCUT2D eigenvalue weighted by atomic mass is 9.95. The van der Waals surface area contributed by atoms with E-state index in [4.69, 9.17) is 14.2 Å². The number of likely N-dealkylation sites (tertiary alicyclic amines) is 1. The highest BCUT2D eigenvalue weighted by atomic mass is 16.5. The number of carbonyl (C=O) groups is 2. The van der Waals surface area contributed by atoms with Gasteiger partial charge in [0.15, 0.2) is 0 Å². The van der Waals surface area contributed by atoms with Crippen LogP contribution in [0.15, 0.2) is 54.1 Å². The molecule has 0 radical (unpaired) electrons. The minimum atomic E-state index is -0.749. The second-order valence-electron chi connectivity index (χ2n) is 7.36. The quantitative estimate of drug-likeness (QED) is 0.343. The molecule has 2 aromatic carbocycles. The van der Waals surface area contributed by atoms with Gasteiger partial charge in [-0.15, -0.1) is 0 Å². The summed E-state index contributed by atoms with van der Waals surface area (Å²) in [6.45, 7) is 5.45. The van der Waals surface area contributed by atoms with Gasteiger partial charge in [0.25, 0.3) is 11.7 Å². The van der Waals surface area contributed by atoms with Gasteiger partial charge in [-0.3, -0.25) is 9.59 Å². The van der Waals surface area contributed by atoms with Crippen LogP contribution in [0.5, 0.6) is 11.5 Å². The number of amides is 1. The fourth-order valence-corrected chi connectivity index (χ4v) is 3.67. The molecule has 32 heavy (non-hydrogen) atoms. The van der Waals surface area contributed by atoms with E-state index < -0.39 is 17.7 Å². The predicted molar refractivity (Wildman–Crippen MR) is 121 cm³/mol. The number of hydrogen-bond acceptors (Lipinski definition) is 6. The molecule has 0 saturated carbocycles. The highest BCUT2D eigenvalue weighted by molar-refractivity contribution is 6.46. The summed E-state index contributed by atoms with van der Waals surface area (Å²) in [6, 6.07) is 13.3. The maximum absolute atomic E-state index is 13.0. The Bertz CT molecular complexity index is 982. The summed E-state index contributed by atoms with van der Waals surface area (Å²) >= 11 is 0. The summed E-state index contributed by atoms with van der Waals surface area (Å²) in [5, 5.41) is 11.1. The molecule has 0 aliphatic carbocycles. The van der Waals surface area contributed by atoms with Crippen molar-refractivity contribution in [2.45, 2.75) is 26.3 Å². The van der Waals surface area contributed by atoms with E-state index in [2.05, 4.69) is 0 Å². The van der Waals surface area contributed by atoms with Gasteiger partial charge in [0.2, 0.25) is 0 Å². The number of hydrogen-bond donors (Lipinski definition) is 1. The van der Waals surface area contributed by atoms with Crippen LogP contribution in [0, 0.1) is 0 Å². The molecule has 0 spiro atoms. The van der Waals surface area contributed by atoms with Crippen LogP contribution in [0.3, 0.4) is 0 Å². The standard InChI is InChI=1S/C25H29NO6/c1-4-14-32-19-11-9-17(10-12-19)23(27)21-22(18-7-6-8-20(16-18)31-5-2)26(13-15-30-3)25(29)24(21)28/h6-12,16,22,27H,4-5,13-15H2,1-3H3/b23-21+. The van der Waals surface area contributed by atoms with Crippen molar-refractivity contribution >= 4 is 17.4 Å². The van der Waals surface area contributed by atoms with E-state index in [0.717, 1.165) is 6.42 Å². The van der Waals surface area contributed by atoms with Crippen molar-refractivity contribution in [2.24, 2.45) is 0 Å². The van der Waals surface area contributed by atoms with Crippen LogP contribution in [0.2, 0.25) is 0 Å². The van der Waals surface area contributed by atoms with E-state index in [-0.39, 0.29) is 24.5 Å². The van der Waals surface area contributed by atoms with Crippen molar-refractivity contribution in [1.29, 1.82) is 0 Å². The first kappa shape index (κ1) is 23.3. The summed E-state index contributed by atoms with van der Waals surface area (Å²) < 4.78 is 16.3. The molecule has 1 unspecified atom stereocenters. The molecule has 1 saturated heterocycles. The van der Waals surface area contributed by atoms with E-state index in [1.807, 2.05) is 26.0 Å². The molecule has 1 heterocycles. The Morgan fingerprint density at radius 2 is 1.75 bits per heavy atom. The average molecular weight is 440 g/mol. The SMILES string of the molecule is CCCOc1ccc(/C(O)=C2\C(=O)C(=O)N(CCOC)C2c2cccc(OCC)c2)cc1. The van der Waals surface area contributed by atoms with Gasteiger partial charge in [-0.05, 0) is 55.3 Å². The molecule has 3 rings (SSSR count). The highest BCUT2D eigenvalue weighted by Crippen LogP contribution is 2.40. The van der Waals surface area contributed by atoms with Gasteiger partial charge in [-0.25, -0.2) is 0 Å². The van der Waals surface area contributed by atoms with Crippen molar-refractivity contribution < 1.29 is 28.9 Å². The average Bonchev–Trinajstić information content (AvgIpc) is 3.06. The van der Waals surface area contributed by atoms with E-state index in [1.54, 1.807) is 36.4 Å². The third-order valence-electron chi connectivity index (χ3n) is 5.16. The van der Waals surface area contributed by atoms with Crippen molar-refractivity contribution in [3.63, 3.8) is 0 Å². The summed E-state index contributed by atoms with van der Waals surface area (Å²) in [5.74, 6) is -0.322. The number of Topliss-reactive ketones (excluding diaryl/α,β-unsaturated/α-hetero) is 1. The van der Waals surface area contributed by atoms with Crippen LogP contribution in [0.1, 0.15) is 37.4 Å². The summed E-state index contributed by atoms with van der Waals surface area (Å²) in [4.78, 5) is 27.3. The van der Waals surface area contributed by atoms with Crippen molar-refractivity contribution in [1.82, 2.24) is 4.90 Å². The molecule has 1 aliphatic rings. The summed E-state index contributed by atoms with van der Waals surface area (Å²) in [7, 11) is 1.53. The first-order valence-corrected chi connectivity index (χ1v) is 10.7. The molecule has 1 aliphatic heterocycles. The lowest BCUT2D eigenvalue weighted by Gasteiger charge is -2.25. The second-order valence-corrected chi connectivity index (χ2v) is 7.36. The molecule has 1 atom stereocenters. The smallest absolute Gasteiger partial charge is 0.295 e. The number of carbonyl (C=O) groups excluding carboxylic acids is 2. The van der Waals surface area contributed by atoms with E-state index >= 15 is 0 Å². The Kier molecular flexibility index (Phi) is 7.89. The zero-order chi connectivity index (χ0) is 23.1. The monoisotopic (exact) mass is 439 g/mol. The third-order valence-corrected chi connectivity index (χ3v) is 5.16. The van der Waals surface area contributed by atoms with Crippen LogP contribution in [-0.4, -0.2) is 55.2 Å². The fourth-order valence-electron chi connectivity index (χ4n) is 3.67. The first-order chi connectivity index (χ1) is 15.5. The van der Waals surface area contributed by atoms with Gasteiger partial charge in [0, 0.05) is 19.2 Å². The highest BCUT2D eigenvalue weighted by Gasteiger charge is 2.46. The van der Waals surface area contributed by atoms with Crippen molar-refractivity contribution in [2.75, 3.05) is 33.5 Å². The molecular weight excluding hydrogens is 410 g/mol. The number of benzene rings is 2. The number of nitrogens with zero attached hydrogens (tertiary/aromatic N) is 1.